The molecule has 0 bridgehead atoms. The summed E-state index contributed by atoms with van der Waals surface area (Å²) in [5, 5.41) is 3.06. The Balaban J connectivity index is 2.04. The summed E-state index contributed by atoms with van der Waals surface area (Å²) in [5.41, 5.74) is 2.78. The van der Waals surface area contributed by atoms with Gasteiger partial charge in [-0.15, -0.1) is 0 Å². The van der Waals surface area contributed by atoms with Crippen molar-refractivity contribution in [2.24, 2.45) is 0 Å². The Morgan fingerprint density at radius 1 is 1.29 bits per heavy atom. The highest BCUT2D eigenvalue weighted by Crippen LogP contribution is 1.77. The quantitative estimate of drug-likeness (QED) is 0.431. The molecule has 2 N–H and O–H groups in total. The molecular weight excluding hydrogens is 92.1 g/mol. The third-order valence-corrected chi connectivity index (χ3v) is 0.909. The van der Waals surface area contributed by atoms with Gasteiger partial charge in [0.05, 0.1) is 0 Å². The molecule has 0 aliphatic carbocycles. The van der Waals surface area contributed by atoms with Crippen molar-refractivity contribution in [2.75, 3.05) is 19.8 Å². The van der Waals surface area contributed by atoms with Gasteiger partial charge in [-0.05, 0) is 13.0 Å². The van der Waals surface area contributed by atoms with E-state index in [1.54, 1.807) is 0 Å². The lowest BCUT2D eigenvalue weighted by Crippen LogP contribution is -2.18. The monoisotopic (exact) mass is 102 g/mol. The van der Waals surface area contributed by atoms with Crippen LogP contribution in [0, 0.1) is 0 Å². The van der Waals surface area contributed by atoms with Crippen molar-refractivity contribution in [3.05, 3.63) is 0 Å². The highest BCUT2D eigenvalue weighted by atomic mass is 16.7. The summed E-state index contributed by atoms with van der Waals surface area (Å²) in [7, 11) is 0. The zero-order chi connectivity index (χ0) is 4.95. The molecule has 0 unspecified atom stereocenters. The summed E-state index contributed by atoms with van der Waals surface area (Å²) in [6.07, 6.45) is 1.15. The maximum Gasteiger partial charge on any atom is 0.118 e. The van der Waals surface area contributed by atoms with Crippen molar-refractivity contribution in [2.45, 2.75) is 6.42 Å². The van der Waals surface area contributed by atoms with Crippen molar-refractivity contribution in [1.82, 2.24) is 10.8 Å². The Hall–Kier alpha value is -0.120. The summed E-state index contributed by atoms with van der Waals surface area (Å²) in [6, 6.07) is 0. The molecule has 1 fully saturated rings. The Morgan fingerprint density at radius 2 is 2.29 bits per heavy atom. The zero-order valence-corrected chi connectivity index (χ0v) is 4.24. The van der Waals surface area contributed by atoms with Gasteiger partial charge in [0.25, 0.3) is 0 Å². The molecule has 1 rings (SSSR count). The summed E-state index contributed by atoms with van der Waals surface area (Å²) in [6.45, 7) is 2.67. The van der Waals surface area contributed by atoms with E-state index in [-0.39, 0.29) is 0 Å². The van der Waals surface area contributed by atoms with E-state index in [4.69, 9.17) is 4.84 Å². The van der Waals surface area contributed by atoms with Gasteiger partial charge in [-0.3, -0.25) is 10.2 Å². The van der Waals surface area contributed by atoms with E-state index in [0.717, 1.165) is 19.5 Å². The first kappa shape index (κ1) is 5.03. The van der Waals surface area contributed by atoms with Crippen LogP contribution in [0.3, 0.4) is 0 Å². The van der Waals surface area contributed by atoms with Crippen LogP contribution in [-0.4, -0.2) is 19.8 Å². The van der Waals surface area contributed by atoms with Gasteiger partial charge >= 0.3 is 0 Å². The zero-order valence-electron chi connectivity index (χ0n) is 4.24. The molecule has 1 saturated heterocycles. The standard InChI is InChI=1S/C4H10N2O/c1-2-5-4-7-6-3-1/h5-6H,1-4H2. The van der Waals surface area contributed by atoms with Crippen LogP contribution >= 0.6 is 0 Å². The van der Waals surface area contributed by atoms with Gasteiger partial charge in [-0.2, -0.15) is 0 Å². The highest BCUT2D eigenvalue weighted by Gasteiger charge is 1.92. The molecule has 0 aromatic heterocycles. The number of rotatable bonds is 0. The van der Waals surface area contributed by atoms with Crippen LogP contribution in [0.5, 0.6) is 0 Å². The van der Waals surface area contributed by atoms with E-state index >= 15 is 0 Å². The van der Waals surface area contributed by atoms with Crippen LogP contribution < -0.4 is 10.8 Å². The van der Waals surface area contributed by atoms with Crippen molar-refractivity contribution in [1.29, 1.82) is 0 Å². The molecule has 0 atom stereocenters. The van der Waals surface area contributed by atoms with E-state index in [1.165, 1.54) is 0 Å². The normalized spacial score (nSPS) is 24.0. The van der Waals surface area contributed by atoms with E-state index in [0.29, 0.717) is 6.73 Å². The SMILES string of the molecule is C1CNCONC1. The summed E-state index contributed by atoms with van der Waals surface area (Å²) < 4.78 is 0. The molecule has 0 amide bonds. The van der Waals surface area contributed by atoms with Gasteiger partial charge < -0.3 is 0 Å². The van der Waals surface area contributed by atoms with E-state index in [1.807, 2.05) is 0 Å². The Bertz CT molecular complexity index is 29.3. The second-order valence-electron chi connectivity index (χ2n) is 1.54. The predicted octanol–water partition coefficient (Wildman–Crippen LogP) is -0.542. The molecule has 0 aromatic carbocycles. The predicted molar refractivity (Wildman–Crippen MR) is 26.6 cm³/mol. The number of hydrogen-bond donors (Lipinski definition) is 2. The average Bonchev–Trinajstić information content (AvgIpc) is 1.90. The molecule has 0 radical (unpaired) electrons. The van der Waals surface area contributed by atoms with E-state index in [2.05, 4.69) is 10.8 Å². The fourth-order valence-electron chi connectivity index (χ4n) is 0.532. The number of hydroxylamine groups is 1. The second kappa shape index (κ2) is 2.96. The molecule has 1 aliphatic heterocycles. The van der Waals surface area contributed by atoms with Crippen LogP contribution in [0.4, 0.5) is 0 Å². The van der Waals surface area contributed by atoms with Crippen LogP contribution in [0.2, 0.25) is 0 Å². The first-order chi connectivity index (χ1) is 3.50. The van der Waals surface area contributed by atoms with Crippen LogP contribution in [0.1, 0.15) is 6.42 Å². The molecule has 42 valence electrons. The Labute approximate surface area is 43.0 Å². The summed E-state index contributed by atoms with van der Waals surface area (Å²) in [4.78, 5) is 4.83. The molecule has 1 heterocycles. The number of nitrogens with one attached hydrogen (secondary N) is 2. The fourth-order valence-corrected chi connectivity index (χ4v) is 0.532. The topological polar surface area (TPSA) is 33.3 Å². The van der Waals surface area contributed by atoms with Crippen molar-refractivity contribution in [3.63, 3.8) is 0 Å². The largest absolute Gasteiger partial charge is 0.293 e. The molecule has 3 heteroatoms. The van der Waals surface area contributed by atoms with Crippen molar-refractivity contribution < 1.29 is 4.84 Å². The molecule has 0 spiro atoms. The molecule has 3 nitrogen and oxygen atoms in total. The third kappa shape index (κ3) is 1.87. The minimum Gasteiger partial charge on any atom is -0.293 e. The van der Waals surface area contributed by atoms with Crippen molar-refractivity contribution in [3.8, 4) is 0 Å². The number of hydrogen-bond acceptors (Lipinski definition) is 3. The maximum atomic E-state index is 4.83. The van der Waals surface area contributed by atoms with Gasteiger partial charge in [0.2, 0.25) is 0 Å². The lowest BCUT2D eigenvalue weighted by atomic mass is 10.4. The lowest BCUT2D eigenvalue weighted by molar-refractivity contribution is 0.0432. The first-order valence-corrected chi connectivity index (χ1v) is 2.55. The second-order valence-corrected chi connectivity index (χ2v) is 1.54. The van der Waals surface area contributed by atoms with Crippen molar-refractivity contribution >= 4 is 0 Å². The van der Waals surface area contributed by atoms with Gasteiger partial charge in [0.1, 0.15) is 6.73 Å². The summed E-state index contributed by atoms with van der Waals surface area (Å²) >= 11 is 0. The van der Waals surface area contributed by atoms with Gasteiger partial charge in [0.15, 0.2) is 0 Å². The smallest absolute Gasteiger partial charge is 0.118 e. The highest BCUT2D eigenvalue weighted by molar-refractivity contribution is 4.45. The molecule has 0 aromatic rings. The fraction of sp³-hybridized carbons (Fsp3) is 1.00. The van der Waals surface area contributed by atoms with Crippen LogP contribution in [0.15, 0.2) is 0 Å². The van der Waals surface area contributed by atoms with Crippen LogP contribution in [-0.2, 0) is 4.84 Å². The molecule has 1 aliphatic rings. The average molecular weight is 102 g/mol. The molecule has 0 saturated carbocycles. The van der Waals surface area contributed by atoms with Crippen LogP contribution in [0.25, 0.3) is 0 Å². The first-order valence-electron chi connectivity index (χ1n) is 2.55. The Morgan fingerprint density at radius 3 is 3.29 bits per heavy atom. The van der Waals surface area contributed by atoms with Gasteiger partial charge in [0, 0.05) is 6.54 Å². The minimum absolute atomic E-state index is 0.639. The Kier molecular flexibility index (Phi) is 2.12. The molecular formula is C4H10N2O. The summed E-state index contributed by atoms with van der Waals surface area (Å²) in [5.74, 6) is 0. The van der Waals surface area contributed by atoms with Gasteiger partial charge in [-0.25, -0.2) is 5.48 Å². The third-order valence-electron chi connectivity index (χ3n) is 0.909. The minimum atomic E-state index is 0.639. The molecule has 7 heavy (non-hydrogen) atoms. The van der Waals surface area contributed by atoms with Gasteiger partial charge in [-0.1, -0.05) is 0 Å². The lowest BCUT2D eigenvalue weighted by Gasteiger charge is -1.94. The van der Waals surface area contributed by atoms with E-state index < -0.39 is 0 Å². The van der Waals surface area contributed by atoms with E-state index in [9.17, 15) is 0 Å². The maximum absolute atomic E-state index is 4.83.